The topological polar surface area (TPSA) is 64.4 Å². The van der Waals surface area contributed by atoms with Crippen LogP contribution in [0.5, 0.6) is 5.75 Å². The number of halogens is 2. The minimum atomic E-state index is -0.403. The van der Waals surface area contributed by atoms with Gasteiger partial charge in [-0.25, -0.2) is 4.39 Å². The SMILES string of the molecule is Cc1ccc(N)cc1C(=O)NC(C)c1ccc(OCC2CC2)c(F)c1.Cl. The van der Waals surface area contributed by atoms with Crippen molar-refractivity contribution in [3.05, 3.63) is 58.9 Å². The molecule has 0 saturated heterocycles. The predicted molar refractivity (Wildman–Crippen MR) is 103 cm³/mol. The summed E-state index contributed by atoms with van der Waals surface area (Å²) < 4.78 is 19.7. The van der Waals surface area contributed by atoms with Gasteiger partial charge in [-0.1, -0.05) is 12.1 Å². The largest absolute Gasteiger partial charge is 0.490 e. The zero-order valence-electron chi connectivity index (χ0n) is 14.9. The van der Waals surface area contributed by atoms with Gasteiger partial charge in [0.05, 0.1) is 12.6 Å². The number of anilines is 1. The minimum absolute atomic E-state index is 0. The van der Waals surface area contributed by atoms with Crippen molar-refractivity contribution in [3.63, 3.8) is 0 Å². The molecule has 1 aliphatic carbocycles. The molecule has 3 N–H and O–H groups in total. The summed E-state index contributed by atoms with van der Waals surface area (Å²) in [6.45, 7) is 4.24. The van der Waals surface area contributed by atoms with Gasteiger partial charge in [0.25, 0.3) is 5.91 Å². The Bertz CT molecular complexity index is 793. The normalized spacial score (nSPS) is 14.3. The smallest absolute Gasteiger partial charge is 0.252 e. The highest BCUT2D eigenvalue weighted by molar-refractivity contribution is 5.96. The van der Waals surface area contributed by atoms with E-state index in [2.05, 4.69) is 5.32 Å². The molecule has 2 aromatic carbocycles. The fraction of sp³-hybridized carbons (Fsp3) is 0.350. The second-order valence-electron chi connectivity index (χ2n) is 6.71. The van der Waals surface area contributed by atoms with Crippen molar-refractivity contribution in [3.8, 4) is 5.75 Å². The van der Waals surface area contributed by atoms with Gasteiger partial charge in [0, 0.05) is 11.3 Å². The molecule has 1 amide bonds. The lowest BCUT2D eigenvalue weighted by atomic mass is 10.0. The highest BCUT2D eigenvalue weighted by atomic mass is 35.5. The molecule has 1 atom stereocenters. The van der Waals surface area contributed by atoms with Gasteiger partial charge in [-0.3, -0.25) is 4.79 Å². The number of benzene rings is 2. The molecule has 1 saturated carbocycles. The zero-order chi connectivity index (χ0) is 18.0. The summed E-state index contributed by atoms with van der Waals surface area (Å²) in [6.07, 6.45) is 2.32. The third kappa shape index (κ3) is 4.88. The molecule has 26 heavy (non-hydrogen) atoms. The maximum absolute atomic E-state index is 14.2. The Morgan fingerprint density at radius 3 is 2.69 bits per heavy atom. The van der Waals surface area contributed by atoms with Gasteiger partial charge in [-0.15, -0.1) is 12.4 Å². The van der Waals surface area contributed by atoms with Crippen LogP contribution < -0.4 is 15.8 Å². The first-order valence-electron chi connectivity index (χ1n) is 8.53. The quantitative estimate of drug-likeness (QED) is 0.731. The number of carbonyl (C=O) groups excluding carboxylic acids is 1. The Kier molecular flexibility index (Phi) is 6.48. The molecule has 1 aliphatic rings. The highest BCUT2D eigenvalue weighted by Crippen LogP contribution is 2.30. The Morgan fingerprint density at radius 2 is 2.04 bits per heavy atom. The molecule has 2 aromatic rings. The molecule has 6 heteroatoms. The second-order valence-corrected chi connectivity index (χ2v) is 6.71. The van der Waals surface area contributed by atoms with Gasteiger partial charge in [-0.05, 0) is 68.0 Å². The highest BCUT2D eigenvalue weighted by Gasteiger charge is 2.22. The van der Waals surface area contributed by atoms with Crippen molar-refractivity contribution in [2.24, 2.45) is 5.92 Å². The first-order valence-corrected chi connectivity index (χ1v) is 8.53. The maximum Gasteiger partial charge on any atom is 0.252 e. The van der Waals surface area contributed by atoms with Gasteiger partial charge in [0.15, 0.2) is 11.6 Å². The molecule has 0 radical (unpaired) electrons. The van der Waals surface area contributed by atoms with E-state index in [1.165, 1.54) is 6.07 Å². The van der Waals surface area contributed by atoms with E-state index in [4.69, 9.17) is 10.5 Å². The number of nitrogens with two attached hydrogens (primary N) is 1. The molecule has 0 heterocycles. The second kappa shape index (κ2) is 8.41. The third-order valence-corrected chi connectivity index (χ3v) is 4.48. The standard InChI is InChI=1S/C20H23FN2O2.ClH/c1-12-3-7-16(22)10-17(12)20(24)23-13(2)15-6-8-19(18(21)9-15)25-11-14-4-5-14;/h3,6-10,13-14H,4-5,11,22H2,1-2H3,(H,23,24);1H. The molecule has 4 nitrogen and oxygen atoms in total. The number of hydrogen-bond donors (Lipinski definition) is 2. The first-order chi connectivity index (χ1) is 11.9. The molecule has 0 aliphatic heterocycles. The molecule has 0 spiro atoms. The van der Waals surface area contributed by atoms with E-state index in [1.54, 1.807) is 30.3 Å². The van der Waals surface area contributed by atoms with Crippen molar-refractivity contribution >= 4 is 24.0 Å². The number of rotatable bonds is 6. The van der Waals surface area contributed by atoms with Crippen LogP contribution in [0.4, 0.5) is 10.1 Å². The van der Waals surface area contributed by atoms with Crippen LogP contribution >= 0.6 is 12.4 Å². The number of ether oxygens (including phenoxy) is 1. The molecular formula is C20H24ClFN2O2. The van der Waals surface area contributed by atoms with Crippen LogP contribution in [0.15, 0.2) is 36.4 Å². The molecular weight excluding hydrogens is 355 g/mol. The molecule has 1 unspecified atom stereocenters. The monoisotopic (exact) mass is 378 g/mol. The summed E-state index contributed by atoms with van der Waals surface area (Å²) in [5, 5.41) is 2.89. The summed E-state index contributed by atoms with van der Waals surface area (Å²) >= 11 is 0. The zero-order valence-corrected chi connectivity index (χ0v) is 15.7. The minimum Gasteiger partial charge on any atom is -0.490 e. The first kappa shape index (κ1) is 20.0. The lowest BCUT2D eigenvalue weighted by molar-refractivity contribution is 0.0939. The van der Waals surface area contributed by atoms with E-state index in [1.807, 2.05) is 13.8 Å². The Labute approximate surface area is 159 Å². The molecule has 140 valence electrons. The summed E-state index contributed by atoms with van der Waals surface area (Å²) in [7, 11) is 0. The van der Waals surface area contributed by atoms with Crippen molar-refractivity contribution in [1.29, 1.82) is 0 Å². The van der Waals surface area contributed by atoms with Crippen molar-refractivity contribution in [1.82, 2.24) is 5.32 Å². The van der Waals surface area contributed by atoms with Crippen LogP contribution in [-0.4, -0.2) is 12.5 Å². The van der Waals surface area contributed by atoms with Gasteiger partial charge in [0.2, 0.25) is 0 Å². The van der Waals surface area contributed by atoms with Crippen LogP contribution in [0.25, 0.3) is 0 Å². The fourth-order valence-electron chi connectivity index (χ4n) is 2.64. The molecule has 1 fully saturated rings. The van der Waals surface area contributed by atoms with Gasteiger partial charge in [0.1, 0.15) is 0 Å². The van der Waals surface area contributed by atoms with E-state index in [0.717, 1.165) is 18.4 Å². The molecule has 3 rings (SSSR count). The summed E-state index contributed by atoms with van der Waals surface area (Å²) in [4.78, 5) is 12.5. The number of nitrogen functional groups attached to an aromatic ring is 1. The average molecular weight is 379 g/mol. The van der Waals surface area contributed by atoms with E-state index < -0.39 is 5.82 Å². The average Bonchev–Trinajstić information content (AvgIpc) is 3.40. The summed E-state index contributed by atoms with van der Waals surface area (Å²) in [5.74, 6) is 0.200. The number of hydrogen-bond acceptors (Lipinski definition) is 3. The van der Waals surface area contributed by atoms with Crippen LogP contribution in [0.2, 0.25) is 0 Å². The summed E-state index contributed by atoms with van der Waals surface area (Å²) in [5.41, 5.74) is 8.34. The predicted octanol–water partition coefficient (Wildman–Crippen LogP) is 4.42. The lowest BCUT2D eigenvalue weighted by Crippen LogP contribution is -2.27. The van der Waals surface area contributed by atoms with E-state index >= 15 is 0 Å². The number of amides is 1. The van der Waals surface area contributed by atoms with Gasteiger partial charge < -0.3 is 15.8 Å². The van der Waals surface area contributed by atoms with E-state index in [0.29, 0.717) is 29.3 Å². The van der Waals surface area contributed by atoms with Gasteiger partial charge in [-0.2, -0.15) is 0 Å². The van der Waals surface area contributed by atoms with Crippen LogP contribution in [-0.2, 0) is 0 Å². The molecule has 0 bridgehead atoms. The third-order valence-electron chi connectivity index (χ3n) is 4.48. The Hall–Kier alpha value is -2.27. The number of aryl methyl sites for hydroxylation is 1. The van der Waals surface area contributed by atoms with E-state index in [-0.39, 0.29) is 30.1 Å². The Morgan fingerprint density at radius 1 is 1.31 bits per heavy atom. The van der Waals surface area contributed by atoms with Crippen LogP contribution in [0.3, 0.4) is 0 Å². The lowest BCUT2D eigenvalue weighted by Gasteiger charge is -2.17. The Balaban J connectivity index is 0.00000243. The number of carbonyl (C=O) groups is 1. The van der Waals surface area contributed by atoms with Crippen LogP contribution in [0, 0.1) is 18.7 Å². The van der Waals surface area contributed by atoms with Crippen molar-refractivity contribution < 1.29 is 13.9 Å². The van der Waals surface area contributed by atoms with Crippen molar-refractivity contribution in [2.75, 3.05) is 12.3 Å². The van der Waals surface area contributed by atoms with Crippen LogP contribution in [0.1, 0.15) is 47.3 Å². The van der Waals surface area contributed by atoms with Gasteiger partial charge >= 0.3 is 0 Å². The number of nitrogens with one attached hydrogen (secondary N) is 1. The summed E-state index contributed by atoms with van der Waals surface area (Å²) in [6, 6.07) is 9.70. The van der Waals surface area contributed by atoms with E-state index in [9.17, 15) is 9.18 Å². The fourth-order valence-corrected chi connectivity index (χ4v) is 2.64. The molecule has 0 aromatic heterocycles. The van der Waals surface area contributed by atoms with Crippen molar-refractivity contribution in [2.45, 2.75) is 32.7 Å². The maximum atomic E-state index is 14.2.